The van der Waals surface area contributed by atoms with Crippen LogP contribution < -0.4 is 4.74 Å². The average molecular weight is 282 g/mol. The Kier molecular flexibility index (Phi) is 5.92. The second-order valence-electron chi connectivity index (χ2n) is 4.31. The Morgan fingerprint density at radius 2 is 2.15 bits per heavy atom. The van der Waals surface area contributed by atoms with Gasteiger partial charge in [0.1, 0.15) is 5.75 Å². The molecule has 110 valence electrons. The van der Waals surface area contributed by atoms with Crippen molar-refractivity contribution in [1.29, 1.82) is 0 Å². The summed E-state index contributed by atoms with van der Waals surface area (Å²) in [4.78, 5) is 22.9. The van der Waals surface area contributed by atoms with Gasteiger partial charge in [-0.15, -0.1) is 0 Å². The molecule has 0 unspecified atom stereocenters. The number of nitro groups is 1. The van der Waals surface area contributed by atoms with Crippen LogP contribution in [0.3, 0.4) is 0 Å². The van der Waals surface area contributed by atoms with E-state index < -0.39 is 10.9 Å². The van der Waals surface area contributed by atoms with Crippen LogP contribution >= 0.6 is 0 Å². The number of carboxylic acids is 1. The lowest BCUT2D eigenvalue weighted by Crippen LogP contribution is -2.25. The van der Waals surface area contributed by atoms with Crippen molar-refractivity contribution in [3.63, 3.8) is 0 Å². The molecule has 0 aliphatic carbocycles. The Morgan fingerprint density at radius 1 is 1.45 bits per heavy atom. The zero-order valence-electron chi connectivity index (χ0n) is 11.5. The smallest absolute Gasteiger partial charge is 0.304 e. The molecule has 7 heteroatoms. The van der Waals surface area contributed by atoms with Gasteiger partial charge in [0.15, 0.2) is 0 Å². The quantitative estimate of drug-likeness (QED) is 0.578. The number of benzene rings is 1. The summed E-state index contributed by atoms with van der Waals surface area (Å²) in [5.41, 5.74) is 0.692. The molecule has 0 atom stereocenters. The summed E-state index contributed by atoms with van der Waals surface area (Å²) in [6.07, 6.45) is 0.0416. The number of aliphatic carboxylic acids is 1. The van der Waals surface area contributed by atoms with Crippen LogP contribution in [0.4, 0.5) is 5.69 Å². The predicted octanol–water partition coefficient (Wildman–Crippen LogP) is 1.90. The van der Waals surface area contributed by atoms with Gasteiger partial charge in [-0.1, -0.05) is 6.92 Å². The van der Waals surface area contributed by atoms with Crippen molar-refractivity contribution in [3.05, 3.63) is 33.9 Å². The molecule has 0 aliphatic heterocycles. The number of nitro benzene ring substituents is 1. The van der Waals surface area contributed by atoms with Crippen molar-refractivity contribution in [1.82, 2.24) is 4.90 Å². The highest BCUT2D eigenvalue weighted by atomic mass is 16.6. The van der Waals surface area contributed by atoms with Gasteiger partial charge in [-0.3, -0.25) is 19.8 Å². The van der Waals surface area contributed by atoms with Crippen molar-refractivity contribution >= 4 is 11.7 Å². The highest BCUT2D eigenvalue weighted by Gasteiger charge is 2.13. The number of carboxylic acid groups (broad SMARTS) is 1. The average Bonchev–Trinajstić information content (AvgIpc) is 2.42. The van der Waals surface area contributed by atoms with Crippen molar-refractivity contribution in [2.45, 2.75) is 19.9 Å². The molecule has 0 bridgehead atoms. The lowest BCUT2D eigenvalue weighted by molar-refractivity contribution is -0.385. The number of ether oxygens (including phenoxy) is 1. The van der Waals surface area contributed by atoms with Crippen LogP contribution in [0.2, 0.25) is 0 Å². The molecule has 20 heavy (non-hydrogen) atoms. The van der Waals surface area contributed by atoms with Gasteiger partial charge in [0, 0.05) is 19.2 Å². The van der Waals surface area contributed by atoms with E-state index in [2.05, 4.69) is 0 Å². The van der Waals surface area contributed by atoms with Gasteiger partial charge in [0.05, 0.1) is 24.5 Å². The molecule has 0 amide bonds. The van der Waals surface area contributed by atoms with Gasteiger partial charge < -0.3 is 9.84 Å². The summed E-state index contributed by atoms with van der Waals surface area (Å²) < 4.78 is 5.04. The van der Waals surface area contributed by atoms with Crippen LogP contribution in [0.5, 0.6) is 5.75 Å². The lowest BCUT2D eigenvalue weighted by atomic mass is 10.1. The molecule has 0 heterocycles. The van der Waals surface area contributed by atoms with E-state index in [9.17, 15) is 14.9 Å². The van der Waals surface area contributed by atoms with Gasteiger partial charge in [0.2, 0.25) is 0 Å². The molecule has 0 aromatic heterocycles. The first-order valence-corrected chi connectivity index (χ1v) is 6.22. The molecule has 0 radical (unpaired) electrons. The van der Waals surface area contributed by atoms with Gasteiger partial charge in [-0.05, 0) is 18.2 Å². The minimum Gasteiger partial charge on any atom is -0.496 e. The number of nitrogens with zero attached hydrogens (tertiary/aromatic N) is 2. The topological polar surface area (TPSA) is 92.9 Å². The minimum atomic E-state index is -0.861. The Morgan fingerprint density at radius 3 is 2.65 bits per heavy atom. The third-order valence-electron chi connectivity index (χ3n) is 2.89. The first-order chi connectivity index (χ1) is 9.46. The number of rotatable bonds is 8. The minimum absolute atomic E-state index is 0.0337. The van der Waals surface area contributed by atoms with E-state index in [4.69, 9.17) is 9.84 Å². The molecule has 0 saturated heterocycles. The molecule has 7 nitrogen and oxygen atoms in total. The van der Waals surface area contributed by atoms with E-state index in [1.807, 2.05) is 11.8 Å². The number of hydrogen-bond acceptors (Lipinski definition) is 5. The molecule has 0 aliphatic rings. The second kappa shape index (κ2) is 7.44. The van der Waals surface area contributed by atoms with E-state index in [0.717, 1.165) is 5.56 Å². The van der Waals surface area contributed by atoms with Gasteiger partial charge in [-0.25, -0.2) is 0 Å². The normalized spacial score (nSPS) is 10.6. The van der Waals surface area contributed by atoms with E-state index in [0.29, 0.717) is 25.4 Å². The van der Waals surface area contributed by atoms with Crippen molar-refractivity contribution in [3.8, 4) is 5.75 Å². The maximum Gasteiger partial charge on any atom is 0.304 e. The van der Waals surface area contributed by atoms with Crippen molar-refractivity contribution in [2.75, 3.05) is 20.2 Å². The molecule has 0 fully saturated rings. The third-order valence-corrected chi connectivity index (χ3v) is 2.89. The van der Waals surface area contributed by atoms with E-state index >= 15 is 0 Å². The van der Waals surface area contributed by atoms with Crippen LogP contribution in [0.1, 0.15) is 18.9 Å². The summed E-state index contributed by atoms with van der Waals surface area (Å²) in [6, 6.07) is 4.55. The fourth-order valence-corrected chi connectivity index (χ4v) is 1.82. The standard InChI is InChI=1S/C13H18N2O5/c1-3-14(5-4-13(16)17)9-10-6-11(15(18)19)8-12(7-10)20-2/h6-8H,3-5,9H2,1-2H3,(H,16,17). The van der Waals surface area contributed by atoms with Crippen LogP contribution in [-0.2, 0) is 11.3 Å². The monoisotopic (exact) mass is 282 g/mol. The fraction of sp³-hybridized carbons (Fsp3) is 0.462. The van der Waals surface area contributed by atoms with Crippen LogP contribution in [-0.4, -0.2) is 41.1 Å². The molecular weight excluding hydrogens is 264 g/mol. The molecule has 1 rings (SSSR count). The first kappa shape index (κ1) is 15.9. The molecule has 0 spiro atoms. The second-order valence-corrected chi connectivity index (χ2v) is 4.31. The molecule has 1 aromatic rings. The first-order valence-electron chi connectivity index (χ1n) is 6.22. The SMILES string of the molecule is CCN(CCC(=O)O)Cc1cc(OC)cc([N+](=O)[O-])c1. The summed E-state index contributed by atoms with van der Waals surface area (Å²) in [5.74, 6) is -0.441. The Balaban J connectivity index is 2.85. The lowest BCUT2D eigenvalue weighted by Gasteiger charge is -2.19. The number of hydrogen-bond donors (Lipinski definition) is 1. The van der Waals surface area contributed by atoms with Crippen molar-refractivity contribution < 1.29 is 19.6 Å². The molecular formula is C13H18N2O5. The van der Waals surface area contributed by atoms with Crippen molar-refractivity contribution in [2.24, 2.45) is 0 Å². The van der Waals surface area contributed by atoms with Crippen LogP contribution in [0.25, 0.3) is 0 Å². The number of carbonyl (C=O) groups is 1. The maximum atomic E-state index is 10.9. The maximum absolute atomic E-state index is 10.9. The molecule has 1 N–H and O–H groups in total. The molecule has 0 saturated carbocycles. The zero-order chi connectivity index (χ0) is 15.1. The number of non-ortho nitro benzene ring substituents is 1. The van der Waals surface area contributed by atoms with Crippen LogP contribution in [0.15, 0.2) is 18.2 Å². The van der Waals surface area contributed by atoms with E-state index in [1.54, 1.807) is 6.07 Å². The van der Waals surface area contributed by atoms with Gasteiger partial charge >= 0.3 is 5.97 Å². The highest BCUT2D eigenvalue weighted by Crippen LogP contribution is 2.23. The Hall–Kier alpha value is -2.15. The van der Waals surface area contributed by atoms with E-state index in [1.165, 1.54) is 19.2 Å². The molecule has 1 aromatic carbocycles. The summed E-state index contributed by atoms with van der Waals surface area (Å²) >= 11 is 0. The zero-order valence-corrected chi connectivity index (χ0v) is 11.5. The predicted molar refractivity (Wildman–Crippen MR) is 72.9 cm³/mol. The highest BCUT2D eigenvalue weighted by molar-refractivity contribution is 5.66. The third kappa shape index (κ3) is 4.85. The van der Waals surface area contributed by atoms with Crippen LogP contribution in [0, 0.1) is 10.1 Å². The Bertz CT molecular complexity index is 490. The fourth-order valence-electron chi connectivity index (χ4n) is 1.82. The summed E-state index contributed by atoms with van der Waals surface area (Å²) in [6.45, 7) is 3.42. The number of methoxy groups -OCH3 is 1. The summed E-state index contributed by atoms with van der Waals surface area (Å²) in [7, 11) is 1.45. The van der Waals surface area contributed by atoms with Gasteiger partial charge in [-0.2, -0.15) is 0 Å². The largest absolute Gasteiger partial charge is 0.496 e. The van der Waals surface area contributed by atoms with Gasteiger partial charge in [0.25, 0.3) is 5.69 Å². The Labute approximate surface area is 116 Å². The van der Waals surface area contributed by atoms with E-state index in [-0.39, 0.29) is 12.1 Å². The summed E-state index contributed by atoms with van der Waals surface area (Å²) in [5, 5.41) is 19.5.